The molecule has 0 aliphatic heterocycles. The van der Waals surface area contributed by atoms with Crippen LogP contribution in [0.25, 0.3) is 55.0 Å². The fourth-order valence-electron chi connectivity index (χ4n) is 7.14. The number of fused-ring (bicyclic) bond motifs is 5. The molecule has 0 fully saturated rings. The Hall–Kier alpha value is -6.12. The van der Waals surface area contributed by atoms with Crippen LogP contribution >= 0.6 is 0 Å². The van der Waals surface area contributed by atoms with Crippen molar-refractivity contribution in [2.45, 2.75) is 12.3 Å². The molecule has 0 N–H and O–H groups in total. The van der Waals surface area contributed by atoms with E-state index in [2.05, 4.69) is 175 Å². The molecule has 1 unspecified atom stereocenters. The zero-order valence-corrected chi connectivity index (χ0v) is 26.5. The van der Waals surface area contributed by atoms with Crippen molar-refractivity contribution in [3.05, 3.63) is 188 Å². The quantitative estimate of drug-likeness (QED) is 0.185. The molecule has 1 aromatic heterocycles. The molecule has 1 aliphatic rings. The van der Waals surface area contributed by atoms with Crippen molar-refractivity contribution in [3.8, 4) is 22.3 Å². The van der Waals surface area contributed by atoms with Gasteiger partial charge in [0, 0.05) is 33.8 Å². The molecule has 0 radical (unpaired) electrons. The second-order valence-electron chi connectivity index (χ2n) is 12.5. The third-order valence-corrected chi connectivity index (χ3v) is 9.59. The highest BCUT2D eigenvalue weighted by molar-refractivity contribution is 6.19. The normalized spacial score (nSPS) is 14.2. The van der Waals surface area contributed by atoms with Gasteiger partial charge in [0.25, 0.3) is 0 Å². The number of allylic oxidation sites excluding steroid dienone is 4. The Balaban J connectivity index is 1.10. The van der Waals surface area contributed by atoms with Crippen LogP contribution in [0.1, 0.15) is 17.9 Å². The summed E-state index contributed by atoms with van der Waals surface area (Å²) in [6.45, 7) is 0. The Kier molecular flexibility index (Phi) is 6.98. The van der Waals surface area contributed by atoms with Gasteiger partial charge >= 0.3 is 0 Å². The van der Waals surface area contributed by atoms with Crippen LogP contribution in [0.4, 0.5) is 17.1 Å². The lowest BCUT2D eigenvalue weighted by molar-refractivity contribution is 0.669. The highest BCUT2D eigenvalue weighted by atomic mass is 16.3. The maximum Gasteiger partial charge on any atom is 0.136 e. The lowest BCUT2D eigenvalue weighted by Crippen LogP contribution is -2.10. The zero-order chi connectivity index (χ0) is 31.9. The van der Waals surface area contributed by atoms with Gasteiger partial charge in [-0.3, -0.25) is 0 Å². The van der Waals surface area contributed by atoms with E-state index in [-0.39, 0.29) is 0 Å². The molecule has 228 valence electrons. The Bertz CT molecular complexity index is 2470. The number of hydrogen-bond acceptors (Lipinski definition) is 2. The fourth-order valence-corrected chi connectivity index (χ4v) is 7.14. The van der Waals surface area contributed by atoms with Gasteiger partial charge in [-0.15, -0.1) is 0 Å². The van der Waals surface area contributed by atoms with Crippen LogP contribution in [0.15, 0.2) is 186 Å². The first-order valence-electron chi connectivity index (χ1n) is 16.6. The summed E-state index contributed by atoms with van der Waals surface area (Å²) in [5.41, 5.74) is 11.4. The molecule has 2 nitrogen and oxygen atoms in total. The highest BCUT2D eigenvalue weighted by Gasteiger charge is 2.17. The van der Waals surface area contributed by atoms with Gasteiger partial charge in [-0.25, -0.2) is 0 Å². The van der Waals surface area contributed by atoms with E-state index >= 15 is 0 Å². The van der Waals surface area contributed by atoms with E-state index < -0.39 is 0 Å². The summed E-state index contributed by atoms with van der Waals surface area (Å²) in [6.07, 6.45) is 9.87. The molecule has 1 heterocycles. The highest BCUT2D eigenvalue weighted by Crippen LogP contribution is 2.40. The number of para-hydroxylation sites is 1. The van der Waals surface area contributed by atoms with E-state index in [1.54, 1.807) is 0 Å². The summed E-state index contributed by atoms with van der Waals surface area (Å²) in [7, 11) is 0. The molecule has 9 rings (SSSR count). The number of anilines is 3. The summed E-state index contributed by atoms with van der Waals surface area (Å²) in [5, 5.41) is 4.76. The van der Waals surface area contributed by atoms with Crippen molar-refractivity contribution in [1.82, 2.24) is 0 Å². The molecular weight excluding hydrogens is 583 g/mol. The van der Waals surface area contributed by atoms with Crippen molar-refractivity contribution < 1.29 is 4.42 Å². The van der Waals surface area contributed by atoms with Gasteiger partial charge in [0.1, 0.15) is 11.2 Å². The van der Waals surface area contributed by atoms with Crippen LogP contribution in [0.5, 0.6) is 0 Å². The van der Waals surface area contributed by atoms with Gasteiger partial charge in [-0.2, -0.15) is 0 Å². The van der Waals surface area contributed by atoms with Gasteiger partial charge in [0.15, 0.2) is 0 Å². The Morgan fingerprint density at radius 1 is 0.479 bits per heavy atom. The maximum atomic E-state index is 6.14. The summed E-state index contributed by atoms with van der Waals surface area (Å²) in [4.78, 5) is 2.37. The topological polar surface area (TPSA) is 16.4 Å². The van der Waals surface area contributed by atoms with Crippen LogP contribution in [0.3, 0.4) is 0 Å². The Morgan fingerprint density at radius 2 is 1.19 bits per heavy atom. The molecule has 0 bridgehead atoms. The molecule has 8 aromatic rings. The van der Waals surface area contributed by atoms with Gasteiger partial charge in [0.2, 0.25) is 0 Å². The lowest BCUT2D eigenvalue weighted by Gasteiger charge is -2.27. The lowest BCUT2D eigenvalue weighted by atomic mass is 9.92. The third-order valence-electron chi connectivity index (χ3n) is 9.59. The number of hydrogen-bond donors (Lipinski definition) is 0. The zero-order valence-electron chi connectivity index (χ0n) is 26.5. The van der Waals surface area contributed by atoms with Crippen LogP contribution in [0, 0.1) is 0 Å². The molecule has 0 amide bonds. The fraction of sp³-hybridized carbons (Fsp3) is 0.0435. The second kappa shape index (κ2) is 11.9. The van der Waals surface area contributed by atoms with E-state index in [1.165, 1.54) is 44.0 Å². The largest absolute Gasteiger partial charge is 0.456 e. The first-order chi connectivity index (χ1) is 23.8. The van der Waals surface area contributed by atoms with Crippen molar-refractivity contribution in [1.29, 1.82) is 0 Å². The molecule has 0 saturated heterocycles. The smallest absolute Gasteiger partial charge is 0.136 e. The summed E-state index contributed by atoms with van der Waals surface area (Å²) < 4.78 is 6.14. The van der Waals surface area contributed by atoms with Crippen LogP contribution < -0.4 is 4.90 Å². The van der Waals surface area contributed by atoms with E-state index in [9.17, 15) is 0 Å². The summed E-state index contributed by atoms with van der Waals surface area (Å²) in [5.74, 6) is 0.383. The van der Waals surface area contributed by atoms with Gasteiger partial charge in [0.05, 0.1) is 0 Å². The third kappa shape index (κ3) is 5.09. The number of nitrogens with zero attached hydrogens (tertiary/aromatic N) is 1. The predicted octanol–water partition coefficient (Wildman–Crippen LogP) is 13.1. The number of benzene rings is 7. The van der Waals surface area contributed by atoms with E-state index in [4.69, 9.17) is 4.42 Å². The second-order valence-corrected chi connectivity index (χ2v) is 12.5. The van der Waals surface area contributed by atoms with Crippen LogP contribution in [-0.4, -0.2) is 0 Å². The minimum Gasteiger partial charge on any atom is -0.456 e. The number of rotatable bonds is 6. The monoisotopic (exact) mass is 615 g/mol. The molecule has 2 heteroatoms. The minimum atomic E-state index is 0.383. The molecule has 0 spiro atoms. The number of furan rings is 1. The standard InChI is InChI=1S/C46H33NO/c1-3-10-32(11-4-1)34-18-24-39(25-19-34)47(41-15-9-14-36(31-41)33-12-5-2-6-13-33)40-26-20-35(21-27-40)37-22-28-42-38(30-37)23-29-45-46(42)43-16-7-8-17-44(43)48-45/h1-12,14-31,33H,13H2. The molecule has 1 atom stereocenters. The van der Waals surface area contributed by atoms with Crippen molar-refractivity contribution in [2.24, 2.45) is 0 Å². The van der Waals surface area contributed by atoms with Crippen LogP contribution in [-0.2, 0) is 0 Å². The van der Waals surface area contributed by atoms with Crippen molar-refractivity contribution in [3.63, 3.8) is 0 Å². The molecule has 0 saturated carbocycles. The van der Waals surface area contributed by atoms with Gasteiger partial charge in [-0.05, 0) is 99.6 Å². The first-order valence-corrected chi connectivity index (χ1v) is 16.6. The SMILES string of the molecule is C1=CCC(c2cccc(N(c3ccc(-c4ccccc4)cc3)c3ccc(-c4ccc5c(ccc6oc7ccccc7c65)c4)cc3)c2)C=C1. The summed E-state index contributed by atoms with van der Waals surface area (Å²) in [6, 6.07) is 56.8. The van der Waals surface area contributed by atoms with Crippen molar-refractivity contribution in [2.75, 3.05) is 4.90 Å². The first kappa shape index (κ1) is 28.1. The Morgan fingerprint density at radius 3 is 1.96 bits per heavy atom. The summed E-state index contributed by atoms with van der Waals surface area (Å²) >= 11 is 0. The minimum absolute atomic E-state index is 0.383. The average Bonchev–Trinajstić information content (AvgIpc) is 3.55. The predicted molar refractivity (Wildman–Crippen MR) is 202 cm³/mol. The molecule has 7 aromatic carbocycles. The average molecular weight is 616 g/mol. The Labute approximate surface area is 280 Å². The van der Waals surface area contributed by atoms with E-state index in [1.807, 2.05) is 12.1 Å². The van der Waals surface area contributed by atoms with E-state index in [0.717, 1.165) is 40.0 Å². The van der Waals surface area contributed by atoms with E-state index in [0.29, 0.717) is 5.92 Å². The van der Waals surface area contributed by atoms with Crippen molar-refractivity contribution >= 4 is 49.8 Å². The molecule has 1 aliphatic carbocycles. The molecule has 48 heavy (non-hydrogen) atoms. The van der Waals surface area contributed by atoms with Crippen LogP contribution in [0.2, 0.25) is 0 Å². The van der Waals surface area contributed by atoms with Gasteiger partial charge in [-0.1, -0.05) is 127 Å². The molecular formula is C46H33NO. The van der Waals surface area contributed by atoms with Gasteiger partial charge < -0.3 is 9.32 Å². The maximum absolute atomic E-state index is 6.14.